The van der Waals surface area contributed by atoms with E-state index in [1.54, 1.807) is 0 Å². The summed E-state index contributed by atoms with van der Waals surface area (Å²) < 4.78 is 5.58. The van der Waals surface area contributed by atoms with Crippen molar-refractivity contribution < 1.29 is 4.74 Å². The number of ether oxygens (including phenoxy) is 1. The molecule has 1 aliphatic rings. The van der Waals surface area contributed by atoms with Gasteiger partial charge >= 0.3 is 0 Å². The van der Waals surface area contributed by atoms with Crippen LogP contribution in [0, 0.1) is 0 Å². The molecule has 1 unspecified atom stereocenters. The second-order valence-corrected chi connectivity index (χ2v) is 6.05. The summed E-state index contributed by atoms with van der Waals surface area (Å²) in [6.45, 7) is 8.38. The Morgan fingerprint density at radius 3 is 3.00 bits per heavy atom. The van der Waals surface area contributed by atoms with E-state index in [0.29, 0.717) is 6.04 Å². The number of fused-ring (bicyclic) bond motifs is 1. The van der Waals surface area contributed by atoms with Crippen LogP contribution in [-0.4, -0.2) is 32.3 Å². The molecule has 0 bridgehead atoms. The number of benzene rings is 1. The molecule has 3 nitrogen and oxygen atoms in total. The second kappa shape index (κ2) is 9.06. The Morgan fingerprint density at radius 2 is 2.14 bits per heavy atom. The van der Waals surface area contributed by atoms with Gasteiger partial charge in [0.05, 0.1) is 0 Å². The van der Waals surface area contributed by atoms with E-state index in [2.05, 4.69) is 42.7 Å². The maximum atomic E-state index is 5.58. The van der Waals surface area contributed by atoms with Crippen molar-refractivity contribution in [3.63, 3.8) is 0 Å². The first-order chi connectivity index (χ1) is 10.3. The molecular weight excluding hydrogens is 260 g/mol. The molecule has 2 rings (SSSR count). The van der Waals surface area contributed by atoms with Crippen LogP contribution < -0.4 is 10.6 Å². The molecule has 2 N–H and O–H groups in total. The Bertz CT molecular complexity index is 420. The Hall–Kier alpha value is -1.06. The summed E-state index contributed by atoms with van der Waals surface area (Å²) in [5.74, 6) is 0. The molecule has 1 aromatic rings. The van der Waals surface area contributed by atoms with E-state index >= 15 is 0 Å². The minimum absolute atomic E-state index is 0.521. The Balaban J connectivity index is 1.60. The molecule has 118 valence electrons. The van der Waals surface area contributed by atoms with Crippen LogP contribution in [0.1, 0.15) is 44.2 Å². The molecule has 1 heterocycles. The molecule has 0 amide bonds. The second-order valence-electron chi connectivity index (χ2n) is 6.05. The summed E-state index contributed by atoms with van der Waals surface area (Å²) in [7, 11) is 0. The summed E-state index contributed by atoms with van der Waals surface area (Å²) in [5, 5.41) is 7.01. The van der Waals surface area contributed by atoms with Crippen LogP contribution in [0.2, 0.25) is 0 Å². The summed E-state index contributed by atoms with van der Waals surface area (Å²) in [4.78, 5) is 0. The van der Waals surface area contributed by atoms with Gasteiger partial charge in [-0.25, -0.2) is 0 Å². The number of anilines is 1. The van der Waals surface area contributed by atoms with E-state index in [-0.39, 0.29) is 0 Å². The van der Waals surface area contributed by atoms with Crippen LogP contribution in [0.25, 0.3) is 0 Å². The van der Waals surface area contributed by atoms with Gasteiger partial charge in [0.1, 0.15) is 0 Å². The monoisotopic (exact) mass is 290 g/mol. The highest BCUT2D eigenvalue weighted by Gasteiger charge is 2.11. The average Bonchev–Trinajstić information content (AvgIpc) is 2.94. The van der Waals surface area contributed by atoms with Crippen LogP contribution in [-0.2, 0) is 17.6 Å². The standard InChI is InChI=1S/C18H30N2O/c1-3-4-11-21-12-5-9-19-15(2)13-16-6-7-18-17(14-16)8-10-20-18/h6-7,14-15,19-20H,3-5,8-13H2,1-2H3. The summed E-state index contributed by atoms with van der Waals surface area (Å²) >= 11 is 0. The van der Waals surface area contributed by atoms with Crippen molar-refractivity contribution in [1.29, 1.82) is 0 Å². The minimum atomic E-state index is 0.521. The first-order valence-corrected chi connectivity index (χ1v) is 8.46. The fraction of sp³-hybridized carbons (Fsp3) is 0.667. The number of hydrogen-bond acceptors (Lipinski definition) is 3. The lowest BCUT2D eigenvalue weighted by molar-refractivity contribution is 0.128. The predicted octanol–water partition coefficient (Wildman–Crippen LogP) is 3.38. The fourth-order valence-electron chi connectivity index (χ4n) is 2.78. The normalized spacial score (nSPS) is 14.8. The molecule has 0 fully saturated rings. The maximum absolute atomic E-state index is 5.58. The Morgan fingerprint density at radius 1 is 1.29 bits per heavy atom. The first-order valence-electron chi connectivity index (χ1n) is 8.46. The summed E-state index contributed by atoms with van der Waals surface area (Å²) in [6.07, 6.45) is 5.76. The molecule has 0 aromatic heterocycles. The number of hydrogen-bond donors (Lipinski definition) is 2. The molecule has 0 aliphatic carbocycles. The molecule has 21 heavy (non-hydrogen) atoms. The lowest BCUT2D eigenvalue weighted by Gasteiger charge is -2.14. The lowest BCUT2D eigenvalue weighted by Crippen LogP contribution is -2.29. The zero-order valence-electron chi connectivity index (χ0n) is 13.6. The third-order valence-electron chi connectivity index (χ3n) is 4.02. The van der Waals surface area contributed by atoms with Gasteiger partial charge in [0.15, 0.2) is 0 Å². The van der Waals surface area contributed by atoms with Crippen LogP contribution in [0.3, 0.4) is 0 Å². The molecule has 1 aliphatic heterocycles. The fourth-order valence-corrected chi connectivity index (χ4v) is 2.78. The lowest BCUT2D eigenvalue weighted by atomic mass is 10.0. The van der Waals surface area contributed by atoms with Crippen molar-refractivity contribution in [3.8, 4) is 0 Å². The number of rotatable bonds is 10. The quantitative estimate of drug-likeness (QED) is 0.648. The molecule has 0 spiro atoms. The topological polar surface area (TPSA) is 33.3 Å². The molecule has 1 aromatic carbocycles. The zero-order chi connectivity index (χ0) is 14.9. The van der Waals surface area contributed by atoms with Gasteiger partial charge in [-0.1, -0.05) is 25.5 Å². The van der Waals surface area contributed by atoms with E-state index < -0.39 is 0 Å². The Labute approximate surface area is 129 Å². The van der Waals surface area contributed by atoms with Gasteiger partial charge in [0.25, 0.3) is 0 Å². The number of unbranched alkanes of at least 4 members (excludes halogenated alkanes) is 1. The summed E-state index contributed by atoms with van der Waals surface area (Å²) in [5.41, 5.74) is 4.24. The van der Waals surface area contributed by atoms with E-state index in [1.807, 2.05) is 0 Å². The molecular formula is C18H30N2O. The van der Waals surface area contributed by atoms with Crippen molar-refractivity contribution >= 4 is 5.69 Å². The van der Waals surface area contributed by atoms with Crippen molar-refractivity contribution in [2.75, 3.05) is 31.6 Å². The van der Waals surface area contributed by atoms with E-state index in [9.17, 15) is 0 Å². The molecule has 0 radical (unpaired) electrons. The SMILES string of the molecule is CCCCOCCCNC(C)Cc1ccc2c(c1)CCN2. The van der Waals surface area contributed by atoms with Crippen LogP contribution >= 0.6 is 0 Å². The Kier molecular flexibility index (Phi) is 7.04. The molecule has 3 heteroatoms. The van der Waals surface area contributed by atoms with E-state index in [0.717, 1.165) is 39.1 Å². The molecule has 0 saturated heterocycles. The maximum Gasteiger partial charge on any atom is 0.0478 e. The van der Waals surface area contributed by atoms with Crippen LogP contribution in [0.4, 0.5) is 5.69 Å². The molecule has 0 saturated carbocycles. The highest BCUT2D eigenvalue weighted by molar-refractivity contribution is 5.56. The van der Waals surface area contributed by atoms with E-state index in [1.165, 1.54) is 36.1 Å². The predicted molar refractivity (Wildman–Crippen MR) is 90.1 cm³/mol. The summed E-state index contributed by atoms with van der Waals surface area (Å²) in [6, 6.07) is 7.37. The van der Waals surface area contributed by atoms with E-state index in [4.69, 9.17) is 4.74 Å². The minimum Gasteiger partial charge on any atom is -0.384 e. The van der Waals surface area contributed by atoms with Gasteiger partial charge in [-0.15, -0.1) is 0 Å². The average molecular weight is 290 g/mol. The smallest absolute Gasteiger partial charge is 0.0478 e. The van der Waals surface area contributed by atoms with Crippen LogP contribution in [0.5, 0.6) is 0 Å². The first kappa shape index (κ1) is 16.3. The molecule has 1 atom stereocenters. The van der Waals surface area contributed by atoms with Gasteiger partial charge in [-0.05, 0) is 56.3 Å². The highest BCUT2D eigenvalue weighted by atomic mass is 16.5. The van der Waals surface area contributed by atoms with Crippen molar-refractivity contribution in [2.24, 2.45) is 0 Å². The van der Waals surface area contributed by atoms with Crippen molar-refractivity contribution in [1.82, 2.24) is 5.32 Å². The zero-order valence-corrected chi connectivity index (χ0v) is 13.6. The highest BCUT2D eigenvalue weighted by Crippen LogP contribution is 2.23. The third kappa shape index (κ3) is 5.68. The van der Waals surface area contributed by atoms with Gasteiger partial charge in [-0.2, -0.15) is 0 Å². The van der Waals surface area contributed by atoms with Gasteiger partial charge < -0.3 is 15.4 Å². The van der Waals surface area contributed by atoms with Crippen molar-refractivity contribution in [2.45, 2.75) is 52.0 Å². The van der Waals surface area contributed by atoms with Gasteiger partial charge in [0, 0.05) is 31.5 Å². The number of nitrogens with one attached hydrogen (secondary N) is 2. The van der Waals surface area contributed by atoms with Gasteiger partial charge in [-0.3, -0.25) is 0 Å². The largest absolute Gasteiger partial charge is 0.384 e. The van der Waals surface area contributed by atoms with Crippen molar-refractivity contribution in [3.05, 3.63) is 29.3 Å². The van der Waals surface area contributed by atoms with Crippen LogP contribution in [0.15, 0.2) is 18.2 Å². The third-order valence-corrected chi connectivity index (χ3v) is 4.02. The van der Waals surface area contributed by atoms with Gasteiger partial charge in [0.2, 0.25) is 0 Å².